The lowest BCUT2D eigenvalue weighted by Crippen LogP contribution is -2.23. The Hall–Kier alpha value is -3.28. The summed E-state index contributed by atoms with van der Waals surface area (Å²) in [5.41, 5.74) is 2.78. The molecule has 0 amide bonds. The second kappa shape index (κ2) is 10.2. The molecule has 1 aromatic rings. The monoisotopic (exact) mass is 375 g/mol. The first kappa shape index (κ1) is 21.0. The summed E-state index contributed by atoms with van der Waals surface area (Å²) < 4.78 is 11.3. The zero-order chi connectivity index (χ0) is 20.5. The predicted octanol–water partition coefficient (Wildman–Crippen LogP) is 4.72. The molecule has 1 aliphatic rings. The van der Waals surface area contributed by atoms with Gasteiger partial charge in [0.1, 0.15) is 29.2 Å². The van der Waals surface area contributed by atoms with E-state index in [9.17, 15) is 0 Å². The summed E-state index contributed by atoms with van der Waals surface area (Å²) in [6, 6.07) is 12.0. The number of nitrogens with zero attached hydrogens (tertiary/aromatic N) is 3. The Kier molecular flexibility index (Phi) is 7.63. The van der Waals surface area contributed by atoms with Gasteiger partial charge >= 0.3 is 0 Å². The molecule has 2 rings (SSSR count). The molecule has 1 aliphatic heterocycles. The lowest BCUT2D eigenvalue weighted by molar-refractivity contribution is 0.0846. The van der Waals surface area contributed by atoms with Crippen LogP contribution in [0.25, 0.3) is 6.08 Å². The van der Waals surface area contributed by atoms with Crippen molar-refractivity contribution in [1.29, 1.82) is 10.5 Å². The average Bonchev–Trinajstić information content (AvgIpc) is 2.67. The Morgan fingerprint density at radius 2 is 1.82 bits per heavy atom. The number of anilines is 1. The third kappa shape index (κ3) is 6.16. The molecule has 5 nitrogen and oxygen atoms in total. The van der Waals surface area contributed by atoms with Crippen LogP contribution in [0.15, 0.2) is 65.2 Å². The fraction of sp³-hybridized carbons (Fsp3) is 0.304. The second-order valence-corrected chi connectivity index (χ2v) is 6.72. The van der Waals surface area contributed by atoms with E-state index in [2.05, 4.69) is 17.0 Å². The number of hydrogen-bond acceptors (Lipinski definition) is 5. The normalized spacial score (nSPS) is 13.5. The van der Waals surface area contributed by atoms with E-state index >= 15 is 0 Å². The highest BCUT2D eigenvalue weighted by Gasteiger charge is 2.10. The molecule has 0 atom stereocenters. The van der Waals surface area contributed by atoms with Gasteiger partial charge in [0.15, 0.2) is 0 Å². The number of benzene rings is 1. The van der Waals surface area contributed by atoms with Gasteiger partial charge in [-0.3, -0.25) is 0 Å². The van der Waals surface area contributed by atoms with Gasteiger partial charge in [0, 0.05) is 24.9 Å². The highest BCUT2D eigenvalue weighted by Crippen LogP contribution is 2.23. The fourth-order valence-corrected chi connectivity index (χ4v) is 2.61. The van der Waals surface area contributed by atoms with E-state index < -0.39 is 0 Å². The highest BCUT2D eigenvalue weighted by atomic mass is 16.5. The molecule has 0 radical (unpaired) electrons. The number of nitriles is 2. The quantitative estimate of drug-likeness (QED) is 0.645. The number of rotatable bonds is 7. The first-order valence-corrected chi connectivity index (χ1v) is 9.16. The molecule has 1 aromatic carbocycles. The summed E-state index contributed by atoms with van der Waals surface area (Å²) in [5, 5.41) is 18.1. The summed E-state index contributed by atoms with van der Waals surface area (Å²) >= 11 is 0. The zero-order valence-electron chi connectivity index (χ0n) is 16.8. The van der Waals surface area contributed by atoms with Gasteiger partial charge < -0.3 is 14.4 Å². The number of allylic oxidation sites excluding steroid dienone is 6. The van der Waals surface area contributed by atoms with Crippen molar-refractivity contribution < 1.29 is 9.47 Å². The van der Waals surface area contributed by atoms with Crippen LogP contribution in [-0.4, -0.2) is 26.3 Å². The summed E-state index contributed by atoms with van der Waals surface area (Å²) in [4.78, 5) is 2.15. The van der Waals surface area contributed by atoms with Crippen molar-refractivity contribution in [1.82, 2.24) is 0 Å². The van der Waals surface area contributed by atoms with Gasteiger partial charge in [-0.1, -0.05) is 18.2 Å². The summed E-state index contributed by atoms with van der Waals surface area (Å²) in [7, 11) is 2.04. The van der Waals surface area contributed by atoms with Crippen LogP contribution in [-0.2, 0) is 9.47 Å². The molecule has 144 valence electrons. The topological polar surface area (TPSA) is 69.3 Å². The van der Waals surface area contributed by atoms with Crippen LogP contribution in [0, 0.1) is 22.7 Å². The van der Waals surface area contributed by atoms with E-state index in [1.54, 1.807) is 19.1 Å². The van der Waals surface area contributed by atoms with Gasteiger partial charge in [-0.15, -0.1) is 0 Å². The molecule has 0 saturated heterocycles. The summed E-state index contributed by atoms with van der Waals surface area (Å²) in [5.74, 6) is 1.23. The molecule has 1 heterocycles. The predicted molar refractivity (Wildman–Crippen MR) is 111 cm³/mol. The SMILES string of the molecule is CC1=CC(=C(C#N)C#N)C=C(/C=C/c2ccc(N(C)CCOC(C)C)cc2)O1. The summed E-state index contributed by atoms with van der Waals surface area (Å²) in [6.45, 7) is 7.38. The summed E-state index contributed by atoms with van der Waals surface area (Å²) in [6.07, 6.45) is 7.39. The Balaban J connectivity index is 2.06. The van der Waals surface area contributed by atoms with E-state index in [1.165, 1.54) is 0 Å². The van der Waals surface area contributed by atoms with Gasteiger partial charge in [0.25, 0.3) is 0 Å². The molecule has 0 saturated carbocycles. The number of hydrogen-bond donors (Lipinski definition) is 0. The Labute approximate surface area is 167 Å². The minimum Gasteiger partial charge on any atom is -0.462 e. The van der Waals surface area contributed by atoms with Crippen molar-refractivity contribution in [2.75, 3.05) is 25.1 Å². The minimum absolute atomic E-state index is 0.0717. The van der Waals surface area contributed by atoms with Crippen molar-refractivity contribution in [2.24, 2.45) is 0 Å². The van der Waals surface area contributed by atoms with Gasteiger partial charge in [-0.25, -0.2) is 0 Å². The molecular formula is C23H25N3O2. The maximum absolute atomic E-state index is 9.05. The first-order valence-electron chi connectivity index (χ1n) is 9.16. The van der Waals surface area contributed by atoms with Crippen LogP contribution < -0.4 is 4.90 Å². The van der Waals surface area contributed by atoms with Crippen LogP contribution in [0.1, 0.15) is 26.3 Å². The first-order chi connectivity index (χ1) is 13.4. The van der Waals surface area contributed by atoms with Crippen molar-refractivity contribution in [3.8, 4) is 12.1 Å². The number of ether oxygens (including phenoxy) is 2. The van der Waals surface area contributed by atoms with Crippen molar-refractivity contribution in [2.45, 2.75) is 26.9 Å². The van der Waals surface area contributed by atoms with E-state index in [-0.39, 0.29) is 11.7 Å². The Morgan fingerprint density at radius 3 is 2.43 bits per heavy atom. The van der Waals surface area contributed by atoms with E-state index in [0.29, 0.717) is 23.7 Å². The van der Waals surface area contributed by atoms with Crippen LogP contribution in [0.4, 0.5) is 5.69 Å². The molecule has 28 heavy (non-hydrogen) atoms. The van der Waals surface area contributed by atoms with Gasteiger partial charge in [-0.2, -0.15) is 10.5 Å². The van der Waals surface area contributed by atoms with Crippen molar-refractivity contribution in [3.05, 3.63) is 70.7 Å². The molecule has 0 N–H and O–H groups in total. The van der Waals surface area contributed by atoms with Gasteiger partial charge in [0.05, 0.1) is 12.7 Å². The lowest BCUT2D eigenvalue weighted by atomic mass is 10.1. The molecular weight excluding hydrogens is 350 g/mol. The van der Waals surface area contributed by atoms with Gasteiger partial charge in [-0.05, 0) is 56.7 Å². The average molecular weight is 375 g/mol. The lowest BCUT2D eigenvalue weighted by Gasteiger charge is -2.20. The van der Waals surface area contributed by atoms with E-state index in [4.69, 9.17) is 20.0 Å². The van der Waals surface area contributed by atoms with Crippen molar-refractivity contribution >= 4 is 11.8 Å². The smallest absolute Gasteiger partial charge is 0.137 e. The third-order valence-electron chi connectivity index (χ3n) is 4.10. The van der Waals surface area contributed by atoms with Crippen LogP contribution >= 0.6 is 0 Å². The molecule has 0 aliphatic carbocycles. The number of likely N-dealkylation sites (N-methyl/N-ethyl adjacent to an activating group) is 1. The van der Waals surface area contributed by atoms with Gasteiger partial charge in [0.2, 0.25) is 0 Å². The Morgan fingerprint density at radius 1 is 1.14 bits per heavy atom. The minimum atomic E-state index is 0.0717. The molecule has 0 fully saturated rings. The molecule has 0 aromatic heterocycles. The molecule has 0 bridgehead atoms. The van der Waals surface area contributed by atoms with Crippen molar-refractivity contribution in [3.63, 3.8) is 0 Å². The van der Waals surface area contributed by atoms with Crippen LogP contribution in [0.5, 0.6) is 0 Å². The van der Waals surface area contributed by atoms with Crippen LogP contribution in [0.3, 0.4) is 0 Å². The zero-order valence-corrected chi connectivity index (χ0v) is 16.8. The second-order valence-electron chi connectivity index (χ2n) is 6.72. The fourth-order valence-electron chi connectivity index (χ4n) is 2.61. The van der Waals surface area contributed by atoms with Crippen LogP contribution in [0.2, 0.25) is 0 Å². The maximum atomic E-state index is 9.05. The Bertz CT molecular complexity index is 875. The molecule has 5 heteroatoms. The largest absolute Gasteiger partial charge is 0.462 e. The maximum Gasteiger partial charge on any atom is 0.137 e. The molecule has 0 spiro atoms. The standard InChI is InChI=1S/C23H25N3O2/c1-17(2)27-12-11-26(4)22-8-5-19(6-9-22)7-10-23-14-20(13-18(3)28-23)21(15-24)16-25/h5-10,13-14,17H,11-12H2,1-4H3/b10-7+. The third-order valence-corrected chi connectivity index (χ3v) is 4.10. The highest BCUT2D eigenvalue weighted by molar-refractivity contribution is 5.59. The van der Waals surface area contributed by atoms with E-state index in [1.807, 2.05) is 57.3 Å². The molecule has 0 unspecified atom stereocenters. The van der Waals surface area contributed by atoms with E-state index in [0.717, 1.165) is 17.8 Å².